The lowest BCUT2D eigenvalue weighted by atomic mass is 10.1. The van der Waals surface area contributed by atoms with Crippen molar-refractivity contribution in [3.05, 3.63) is 11.1 Å². The van der Waals surface area contributed by atoms with Gasteiger partial charge < -0.3 is 5.11 Å². The van der Waals surface area contributed by atoms with Crippen molar-refractivity contribution in [3.8, 4) is 0 Å². The lowest BCUT2D eigenvalue weighted by Crippen LogP contribution is -1.99. The number of carbonyl (C=O) groups is 1. The number of carboxylic acid groups (broad SMARTS) is 1. The third-order valence-electron chi connectivity index (χ3n) is 2.38. The molecule has 2 nitrogen and oxygen atoms in total. The Hall–Kier alpha value is -0.790. The maximum atomic E-state index is 10.5. The Morgan fingerprint density at radius 1 is 1.64 bits per heavy atom. The van der Waals surface area contributed by atoms with Gasteiger partial charge in [-0.3, -0.25) is 0 Å². The highest BCUT2D eigenvalue weighted by Gasteiger charge is 2.18. The monoisotopic (exact) mass is 154 g/mol. The number of hydrogen-bond acceptors (Lipinski definition) is 1. The highest BCUT2D eigenvalue weighted by atomic mass is 16.4. The van der Waals surface area contributed by atoms with Crippen molar-refractivity contribution in [2.24, 2.45) is 5.92 Å². The van der Waals surface area contributed by atoms with Crippen molar-refractivity contribution in [1.29, 1.82) is 0 Å². The van der Waals surface area contributed by atoms with Crippen molar-refractivity contribution in [1.82, 2.24) is 0 Å². The minimum absolute atomic E-state index is 0.564. The van der Waals surface area contributed by atoms with Crippen molar-refractivity contribution >= 4 is 5.97 Å². The Morgan fingerprint density at radius 2 is 2.27 bits per heavy atom. The summed E-state index contributed by atoms with van der Waals surface area (Å²) in [5.41, 5.74) is 1.71. The summed E-state index contributed by atoms with van der Waals surface area (Å²) in [6.45, 7) is 3.87. The number of carboxylic acids is 1. The number of rotatable bonds is 1. The first kappa shape index (κ1) is 8.31. The third kappa shape index (κ3) is 1.82. The zero-order chi connectivity index (χ0) is 8.43. The molecule has 0 spiro atoms. The Balaban J connectivity index is 2.73. The molecule has 1 aliphatic rings. The smallest absolute Gasteiger partial charge is 0.331 e. The average molecular weight is 154 g/mol. The summed E-state index contributed by atoms with van der Waals surface area (Å²) in [4.78, 5) is 10.5. The van der Waals surface area contributed by atoms with Crippen LogP contribution in [0.25, 0.3) is 0 Å². The molecule has 62 valence electrons. The van der Waals surface area contributed by atoms with Crippen molar-refractivity contribution in [3.63, 3.8) is 0 Å². The molecule has 0 aliphatic heterocycles. The first-order valence-electron chi connectivity index (χ1n) is 4.03. The maximum absolute atomic E-state index is 10.5. The van der Waals surface area contributed by atoms with E-state index in [-0.39, 0.29) is 0 Å². The van der Waals surface area contributed by atoms with Crippen LogP contribution in [-0.4, -0.2) is 11.1 Å². The van der Waals surface area contributed by atoms with E-state index in [1.165, 1.54) is 0 Å². The van der Waals surface area contributed by atoms with Gasteiger partial charge in [0.25, 0.3) is 0 Å². The van der Waals surface area contributed by atoms with Crippen LogP contribution >= 0.6 is 0 Å². The van der Waals surface area contributed by atoms with Crippen LogP contribution in [0.1, 0.15) is 33.1 Å². The van der Waals surface area contributed by atoms with Gasteiger partial charge in [0.15, 0.2) is 0 Å². The van der Waals surface area contributed by atoms with E-state index >= 15 is 0 Å². The summed E-state index contributed by atoms with van der Waals surface area (Å²) in [6, 6.07) is 0. The van der Waals surface area contributed by atoms with Crippen molar-refractivity contribution < 1.29 is 9.90 Å². The standard InChI is InChI=1S/C9H14O2/c1-6-3-4-8(5-6)7(2)9(10)11/h6H,3-5H2,1-2H3,(H,10,11). The average Bonchev–Trinajstić information content (AvgIpc) is 2.34. The molecule has 1 saturated carbocycles. The Morgan fingerprint density at radius 3 is 2.64 bits per heavy atom. The Labute approximate surface area is 66.9 Å². The SMILES string of the molecule is CC(C(=O)O)=C1CCC(C)C1. The molecule has 1 unspecified atom stereocenters. The lowest BCUT2D eigenvalue weighted by molar-refractivity contribution is -0.132. The van der Waals surface area contributed by atoms with Crippen LogP contribution in [0.15, 0.2) is 11.1 Å². The van der Waals surface area contributed by atoms with E-state index in [0.717, 1.165) is 24.8 Å². The molecule has 2 heteroatoms. The molecule has 1 N–H and O–H groups in total. The molecule has 0 aromatic carbocycles. The van der Waals surface area contributed by atoms with Gasteiger partial charge in [-0.15, -0.1) is 0 Å². The van der Waals surface area contributed by atoms with Crippen LogP contribution in [0.3, 0.4) is 0 Å². The molecular formula is C9H14O2. The number of allylic oxidation sites excluding steroid dienone is 1. The quantitative estimate of drug-likeness (QED) is 0.588. The minimum atomic E-state index is -0.755. The molecule has 11 heavy (non-hydrogen) atoms. The summed E-state index contributed by atoms with van der Waals surface area (Å²) in [5, 5.41) is 8.67. The lowest BCUT2D eigenvalue weighted by Gasteiger charge is -1.99. The van der Waals surface area contributed by atoms with Gasteiger partial charge in [-0.05, 0) is 32.1 Å². The number of aliphatic carboxylic acids is 1. The van der Waals surface area contributed by atoms with Gasteiger partial charge in [-0.2, -0.15) is 0 Å². The highest BCUT2D eigenvalue weighted by molar-refractivity contribution is 5.86. The first-order valence-corrected chi connectivity index (χ1v) is 4.03. The molecule has 0 heterocycles. The van der Waals surface area contributed by atoms with Gasteiger partial charge in [0.05, 0.1) is 0 Å². The molecule has 0 amide bonds. The van der Waals surface area contributed by atoms with Crippen LogP contribution in [0, 0.1) is 5.92 Å². The molecule has 1 atom stereocenters. The first-order chi connectivity index (χ1) is 5.11. The molecule has 0 aromatic rings. The topological polar surface area (TPSA) is 37.3 Å². The van der Waals surface area contributed by atoms with Gasteiger partial charge >= 0.3 is 5.97 Å². The molecule has 0 aromatic heterocycles. The second kappa shape index (κ2) is 3.07. The summed E-state index contributed by atoms with van der Waals surface area (Å²) in [6.07, 6.45) is 3.12. The summed E-state index contributed by atoms with van der Waals surface area (Å²) in [7, 11) is 0. The Kier molecular flexibility index (Phi) is 2.32. The predicted octanol–water partition coefficient (Wildman–Crippen LogP) is 2.21. The van der Waals surface area contributed by atoms with E-state index in [1.807, 2.05) is 0 Å². The highest BCUT2D eigenvalue weighted by Crippen LogP contribution is 2.31. The summed E-state index contributed by atoms with van der Waals surface area (Å²) >= 11 is 0. The second-order valence-electron chi connectivity index (χ2n) is 3.38. The van der Waals surface area contributed by atoms with Crippen LogP contribution < -0.4 is 0 Å². The van der Waals surface area contributed by atoms with Gasteiger partial charge in [-0.1, -0.05) is 12.5 Å². The van der Waals surface area contributed by atoms with Crippen LogP contribution in [0.5, 0.6) is 0 Å². The second-order valence-corrected chi connectivity index (χ2v) is 3.38. The van der Waals surface area contributed by atoms with Crippen molar-refractivity contribution in [2.45, 2.75) is 33.1 Å². The molecule has 1 fully saturated rings. The fourth-order valence-electron chi connectivity index (χ4n) is 1.54. The summed E-state index contributed by atoms with van der Waals surface area (Å²) < 4.78 is 0. The molecular weight excluding hydrogens is 140 g/mol. The van der Waals surface area contributed by atoms with E-state index < -0.39 is 5.97 Å². The van der Waals surface area contributed by atoms with E-state index in [0.29, 0.717) is 11.5 Å². The van der Waals surface area contributed by atoms with E-state index in [4.69, 9.17) is 5.11 Å². The van der Waals surface area contributed by atoms with Gasteiger partial charge in [0.2, 0.25) is 0 Å². The van der Waals surface area contributed by atoms with Crippen LogP contribution in [0.4, 0.5) is 0 Å². The molecule has 0 saturated heterocycles. The molecule has 1 rings (SSSR count). The fraction of sp³-hybridized carbons (Fsp3) is 0.667. The largest absolute Gasteiger partial charge is 0.478 e. The van der Waals surface area contributed by atoms with E-state index in [9.17, 15) is 4.79 Å². The zero-order valence-electron chi connectivity index (χ0n) is 7.05. The van der Waals surface area contributed by atoms with E-state index in [2.05, 4.69) is 6.92 Å². The third-order valence-corrected chi connectivity index (χ3v) is 2.38. The maximum Gasteiger partial charge on any atom is 0.331 e. The molecule has 1 aliphatic carbocycles. The van der Waals surface area contributed by atoms with Gasteiger partial charge in [0.1, 0.15) is 0 Å². The van der Waals surface area contributed by atoms with Gasteiger partial charge in [-0.25, -0.2) is 4.79 Å². The van der Waals surface area contributed by atoms with Crippen LogP contribution in [0.2, 0.25) is 0 Å². The zero-order valence-corrected chi connectivity index (χ0v) is 7.05. The van der Waals surface area contributed by atoms with Crippen LogP contribution in [-0.2, 0) is 4.79 Å². The Bertz CT molecular complexity index is 204. The minimum Gasteiger partial charge on any atom is -0.478 e. The molecule has 0 radical (unpaired) electrons. The van der Waals surface area contributed by atoms with Gasteiger partial charge in [0, 0.05) is 5.57 Å². The predicted molar refractivity (Wildman–Crippen MR) is 43.4 cm³/mol. The normalized spacial score (nSPS) is 28.7. The number of hydrogen-bond donors (Lipinski definition) is 1. The molecule has 0 bridgehead atoms. The fourth-order valence-corrected chi connectivity index (χ4v) is 1.54. The van der Waals surface area contributed by atoms with Crippen molar-refractivity contribution in [2.75, 3.05) is 0 Å². The summed E-state index contributed by atoms with van der Waals surface area (Å²) in [5.74, 6) is -0.0756. The van der Waals surface area contributed by atoms with E-state index in [1.54, 1.807) is 6.92 Å².